The van der Waals surface area contributed by atoms with E-state index in [-0.39, 0.29) is 23.3 Å². The van der Waals surface area contributed by atoms with E-state index >= 15 is 0 Å². The minimum atomic E-state index is -0.627. The molecule has 4 rings (SSSR count). The fraction of sp³-hybridized carbons (Fsp3) is 0.192. The zero-order valence-corrected chi connectivity index (χ0v) is 18.1. The molecule has 0 unspecified atom stereocenters. The van der Waals surface area contributed by atoms with Crippen LogP contribution >= 0.6 is 0 Å². The Balaban J connectivity index is 1.49. The monoisotopic (exact) mass is 443 g/mol. The van der Waals surface area contributed by atoms with Crippen molar-refractivity contribution in [3.05, 3.63) is 90.6 Å². The second-order valence-corrected chi connectivity index (χ2v) is 7.80. The van der Waals surface area contributed by atoms with Gasteiger partial charge in [-0.25, -0.2) is 4.98 Å². The van der Waals surface area contributed by atoms with Gasteiger partial charge in [0.15, 0.2) is 0 Å². The molecule has 33 heavy (non-hydrogen) atoms. The summed E-state index contributed by atoms with van der Waals surface area (Å²) >= 11 is 0. The molecule has 0 radical (unpaired) electrons. The molecular formula is C26H25N3O4. The molecule has 2 aromatic carbocycles. The van der Waals surface area contributed by atoms with Gasteiger partial charge in [0.05, 0.1) is 0 Å². The van der Waals surface area contributed by atoms with Crippen LogP contribution in [-0.4, -0.2) is 34.8 Å². The quantitative estimate of drug-likeness (QED) is 0.536. The normalized spacial score (nSPS) is 15.5. The van der Waals surface area contributed by atoms with Crippen LogP contribution in [0.25, 0.3) is 0 Å². The van der Waals surface area contributed by atoms with Crippen LogP contribution in [0.2, 0.25) is 0 Å². The number of ether oxygens (including phenoxy) is 2. The van der Waals surface area contributed by atoms with Gasteiger partial charge in [-0.3, -0.25) is 9.59 Å². The number of amides is 2. The summed E-state index contributed by atoms with van der Waals surface area (Å²) in [5.41, 5.74) is 6.67. The molecule has 0 bridgehead atoms. The molecule has 1 aliphatic rings. The van der Waals surface area contributed by atoms with Crippen molar-refractivity contribution in [1.82, 2.24) is 9.88 Å². The first-order chi connectivity index (χ1) is 16.0. The number of rotatable bonds is 7. The maximum atomic E-state index is 12.1. The first-order valence-electron chi connectivity index (χ1n) is 10.8. The van der Waals surface area contributed by atoms with Crippen molar-refractivity contribution in [3.8, 4) is 23.1 Å². The SMILES string of the molecule is C=CC(=O)N1CCC[C@H](c2cnc(Oc3ccc(Oc4ccccc4)cc3)c(C(N)=O)c2)C1. The molecule has 2 N–H and O–H groups in total. The van der Waals surface area contributed by atoms with Gasteiger partial charge in [0.2, 0.25) is 11.8 Å². The van der Waals surface area contributed by atoms with Crippen molar-refractivity contribution < 1.29 is 19.1 Å². The van der Waals surface area contributed by atoms with E-state index in [9.17, 15) is 9.59 Å². The smallest absolute Gasteiger partial charge is 0.254 e. The van der Waals surface area contributed by atoms with Crippen LogP contribution in [0.15, 0.2) is 79.5 Å². The predicted octanol–water partition coefficient (Wildman–Crippen LogP) is 4.66. The zero-order chi connectivity index (χ0) is 23.2. The van der Waals surface area contributed by atoms with Crippen LogP contribution in [0.3, 0.4) is 0 Å². The second kappa shape index (κ2) is 9.99. The Labute approximate surface area is 192 Å². The van der Waals surface area contributed by atoms with Gasteiger partial charge in [0.1, 0.15) is 22.8 Å². The molecule has 1 aliphatic heterocycles. The van der Waals surface area contributed by atoms with Crippen molar-refractivity contribution in [2.45, 2.75) is 18.8 Å². The number of hydrogen-bond donors (Lipinski definition) is 1. The second-order valence-electron chi connectivity index (χ2n) is 7.80. The van der Waals surface area contributed by atoms with E-state index < -0.39 is 5.91 Å². The molecule has 3 aromatic rings. The van der Waals surface area contributed by atoms with Crippen molar-refractivity contribution >= 4 is 11.8 Å². The lowest BCUT2D eigenvalue weighted by Gasteiger charge is -2.32. The van der Waals surface area contributed by atoms with Gasteiger partial charge in [-0.2, -0.15) is 0 Å². The minimum absolute atomic E-state index is 0.0664. The molecule has 2 heterocycles. The lowest BCUT2D eigenvalue weighted by atomic mass is 9.91. The summed E-state index contributed by atoms with van der Waals surface area (Å²) in [6.45, 7) is 4.81. The topological polar surface area (TPSA) is 94.8 Å². The van der Waals surface area contributed by atoms with Gasteiger partial charge >= 0.3 is 0 Å². The molecule has 7 nitrogen and oxygen atoms in total. The molecule has 1 atom stereocenters. The molecular weight excluding hydrogens is 418 g/mol. The first-order valence-corrected chi connectivity index (χ1v) is 10.8. The summed E-state index contributed by atoms with van der Waals surface area (Å²) in [5.74, 6) is 1.37. The van der Waals surface area contributed by atoms with Crippen molar-refractivity contribution in [3.63, 3.8) is 0 Å². The number of nitrogens with zero attached hydrogens (tertiary/aromatic N) is 2. The Morgan fingerprint density at radius 1 is 1.03 bits per heavy atom. The Hall–Kier alpha value is -4.13. The molecule has 0 saturated carbocycles. The third-order valence-electron chi connectivity index (χ3n) is 5.53. The van der Waals surface area contributed by atoms with E-state index in [4.69, 9.17) is 15.2 Å². The fourth-order valence-corrected chi connectivity index (χ4v) is 3.84. The van der Waals surface area contributed by atoms with Gasteiger partial charge in [-0.15, -0.1) is 0 Å². The zero-order valence-electron chi connectivity index (χ0n) is 18.1. The maximum absolute atomic E-state index is 12.1. The number of carbonyl (C=O) groups excluding carboxylic acids is 2. The molecule has 1 aromatic heterocycles. The lowest BCUT2D eigenvalue weighted by Crippen LogP contribution is -2.38. The average Bonchev–Trinajstić information content (AvgIpc) is 2.85. The van der Waals surface area contributed by atoms with Crippen molar-refractivity contribution in [2.75, 3.05) is 13.1 Å². The van der Waals surface area contributed by atoms with E-state index in [1.54, 1.807) is 41.4 Å². The lowest BCUT2D eigenvalue weighted by molar-refractivity contribution is -0.127. The molecule has 2 amide bonds. The number of hydrogen-bond acceptors (Lipinski definition) is 5. The fourth-order valence-electron chi connectivity index (χ4n) is 3.84. The third kappa shape index (κ3) is 5.38. The first kappa shape index (κ1) is 22.1. The highest BCUT2D eigenvalue weighted by atomic mass is 16.5. The van der Waals surface area contributed by atoms with Crippen molar-refractivity contribution in [1.29, 1.82) is 0 Å². The summed E-state index contributed by atoms with van der Waals surface area (Å²) in [5, 5.41) is 0. The number of nitrogens with two attached hydrogens (primary N) is 1. The van der Waals surface area contributed by atoms with Crippen LogP contribution in [-0.2, 0) is 4.79 Å². The van der Waals surface area contributed by atoms with Crippen LogP contribution in [0.4, 0.5) is 0 Å². The molecule has 0 aliphatic carbocycles. The van der Waals surface area contributed by atoms with Crippen LogP contribution in [0, 0.1) is 0 Å². The summed E-state index contributed by atoms with van der Waals surface area (Å²) in [6.07, 6.45) is 4.76. The average molecular weight is 444 g/mol. The number of aromatic nitrogens is 1. The number of piperidine rings is 1. The van der Waals surface area contributed by atoms with Gasteiger partial charge in [0, 0.05) is 25.2 Å². The van der Waals surface area contributed by atoms with E-state index in [1.807, 2.05) is 30.3 Å². The highest BCUT2D eigenvalue weighted by Crippen LogP contribution is 2.31. The number of likely N-dealkylation sites (tertiary alicyclic amines) is 1. The number of primary amides is 1. The van der Waals surface area contributed by atoms with Crippen LogP contribution in [0.1, 0.15) is 34.7 Å². The summed E-state index contributed by atoms with van der Waals surface area (Å²) in [7, 11) is 0. The van der Waals surface area contributed by atoms with Crippen LogP contribution in [0.5, 0.6) is 23.1 Å². The van der Waals surface area contributed by atoms with Gasteiger partial charge in [0.25, 0.3) is 5.91 Å². The highest BCUT2D eigenvalue weighted by molar-refractivity contribution is 5.95. The summed E-state index contributed by atoms with van der Waals surface area (Å²) in [6, 6.07) is 18.2. The predicted molar refractivity (Wildman–Crippen MR) is 125 cm³/mol. The van der Waals surface area contributed by atoms with E-state index in [0.717, 1.165) is 24.2 Å². The van der Waals surface area contributed by atoms with Gasteiger partial charge in [-0.1, -0.05) is 24.8 Å². The number of carbonyl (C=O) groups is 2. The van der Waals surface area contributed by atoms with E-state index in [0.29, 0.717) is 24.6 Å². The molecule has 0 spiro atoms. The highest BCUT2D eigenvalue weighted by Gasteiger charge is 2.25. The largest absolute Gasteiger partial charge is 0.457 e. The van der Waals surface area contributed by atoms with E-state index in [2.05, 4.69) is 11.6 Å². The number of para-hydroxylation sites is 1. The third-order valence-corrected chi connectivity index (χ3v) is 5.53. The van der Waals surface area contributed by atoms with Gasteiger partial charge < -0.3 is 20.1 Å². The molecule has 7 heteroatoms. The van der Waals surface area contributed by atoms with E-state index in [1.165, 1.54) is 6.08 Å². The minimum Gasteiger partial charge on any atom is -0.457 e. The van der Waals surface area contributed by atoms with Crippen molar-refractivity contribution in [2.24, 2.45) is 5.73 Å². The Bertz CT molecular complexity index is 1150. The molecule has 1 fully saturated rings. The Morgan fingerprint density at radius 3 is 2.36 bits per heavy atom. The standard InChI is InChI=1S/C26H25N3O4/c1-2-24(30)29-14-6-7-18(17-29)19-15-23(25(27)31)26(28-16-19)33-22-12-10-21(11-13-22)32-20-8-4-3-5-9-20/h2-5,8-13,15-16,18H,1,6-7,14,17H2,(H2,27,31)/t18-/m0/s1. The summed E-state index contributed by atoms with van der Waals surface area (Å²) < 4.78 is 11.6. The molecule has 1 saturated heterocycles. The van der Waals surface area contributed by atoms with Gasteiger partial charge in [-0.05, 0) is 66.9 Å². The maximum Gasteiger partial charge on any atom is 0.254 e. The van der Waals surface area contributed by atoms with Crippen LogP contribution < -0.4 is 15.2 Å². The molecule has 168 valence electrons. The Kier molecular flexibility index (Phi) is 6.69. The number of benzene rings is 2. The number of pyridine rings is 1. The Morgan fingerprint density at radius 2 is 1.70 bits per heavy atom. The summed E-state index contributed by atoms with van der Waals surface area (Å²) in [4.78, 5) is 30.3.